The van der Waals surface area contributed by atoms with E-state index in [0.717, 1.165) is 4.90 Å². The van der Waals surface area contributed by atoms with Crippen molar-refractivity contribution in [1.29, 1.82) is 0 Å². The summed E-state index contributed by atoms with van der Waals surface area (Å²) in [6, 6.07) is 10.8. The predicted octanol–water partition coefficient (Wildman–Crippen LogP) is 6.79. The Hall–Kier alpha value is -1.92. The van der Waals surface area contributed by atoms with Crippen LogP contribution in [0.4, 0.5) is 23.2 Å². The fourth-order valence-electron chi connectivity index (χ4n) is 3.13. The molecule has 0 saturated heterocycles. The van der Waals surface area contributed by atoms with E-state index in [4.69, 9.17) is 23.8 Å². The van der Waals surface area contributed by atoms with E-state index in [1.54, 1.807) is 24.3 Å². The number of allylic oxidation sites excluding steroid dienone is 1. The van der Waals surface area contributed by atoms with Gasteiger partial charge in [-0.15, -0.1) is 0 Å². The molecule has 0 aromatic heterocycles. The first kappa shape index (κ1) is 19.8. The average molecular weight is 414 g/mol. The minimum absolute atomic E-state index is 0.207. The molecule has 0 atom stereocenters. The zero-order valence-corrected chi connectivity index (χ0v) is 15.8. The first-order chi connectivity index (χ1) is 12.8. The lowest BCUT2D eigenvalue weighted by Gasteiger charge is -2.29. The number of thiocarbonyl (C=S) groups is 1. The maximum absolute atomic E-state index is 14.5. The molecule has 0 unspecified atom stereocenters. The second kappa shape index (κ2) is 7.98. The van der Waals surface area contributed by atoms with Gasteiger partial charge in [0.15, 0.2) is 0 Å². The summed E-state index contributed by atoms with van der Waals surface area (Å²) >= 11 is 11.4. The molecular formula is C20H16ClF4NS. The number of halogens is 5. The smallest absolute Gasteiger partial charge is 0.326 e. The Morgan fingerprint density at radius 2 is 1.81 bits per heavy atom. The molecule has 7 heteroatoms. The van der Waals surface area contributed by atoms with Crippen molar-refractivity contribution >= 4 is 40.1 Å². The van der Waals surface area contributed by atoms with Gasteiger partial charge in [0.25, 0.3) is 0 Å². The number of fused-ring (bicyclic) bond motifs is 1. The number of alkyl halides is 3. The van der Waals surface area contributed by atoms with Crippen molar-refractivity contribution < 1.29 is 17.6 Å². The minimum atomic E-state index is -4.43. The molecule has 2 aromatic carbocycles. The van der Waals surface area contributed by atoms with Gasteiger partial charge < -0.3 is 4.90 Å². The van der Waals surface area contributed by atoms with Crippen molar-refractivity contribution in [3.05, 3.63) is 70.5 Å². The lowest BCUT2D eigenvalue weighted by atomic mass is 9.94. The highest BCUT2D eigenvalue weighted by molar-refractivity contribution is 7.80. The van der Waals surface area contributed by atoms with E-state index in [1.165, 1.54) is 18.2 Å². The van der Waals surface area contributed by atoms with Gasteiger partial charge in [0, 0.05) is 21.8 Å². The van der Waals surface area contributed by atoms with Crippen molar-refractivity contribution in [1.82, 2.24) is 0 Å². The molecule has 1 aliphatic heterocycles. The monoisotopic (exact) mass is 413 g/mol. The molecule has 3 rings (SSSR count). The maximum atomic E-state index is 14.5. The third-order valence-corrected chi connectivity index (χ3v) is 4.94. The maximum Gasteiger partial charge on any atom is 0.406 e. The molecular weight excluding hydrogens is 398 g/mol. The number of anilines is 1. The highest BCUT2D eigenvalue weighted by Gasteiger charge is 2.34. The first-order valence-electron chi connectivity index (χ1n) is 8.38. The topological polar surface area (TPSA) is 3.24 Å². The van der Waals surface area contributed by atoms with E-state index in [1.807, 2.05) is 6.08 Å². The number of hydrogen-bond donors (Lipinski definition) is 0. The first-order valence-corrected chi connectivity index (χ1v) is 9.17. The third kappa shape index (κ3) is 4.68. The van der Waals surface area contributed by atoms with E-state index in [2.05, 4.69) is 0 Å². The summed E-state index contributed by atoms with van der Waals surface area (Å²) in [4.78, 5) is 1.29. The second-order valence-corrected chi connectivity index (χ2v) is 7.15. The van der Waals surface area contributed by atoms with E-state index >= 15 is 0 Å². The zero-order valence-electron chi connectivity index (χ0n) is 14.2. The standard InChI is InChI=1S/C20H16ClF4NS/c21-13-9-10-18-16(11-13)14(15-6-1-3-7-17(15)22)5-2-4-8-19(27)26(18)12-20(23,24)25/h1,3,5-7,9-11H,2,4,8,12H2/b14-5+. The molecule has 0 aliphatic carbocycles. The molecule has 2 aromatic rings. The summed E-state index contributed by atoms with van der Waals surface area (Å²) in [5, 5.41) is 0.355. The molecule has 142 valence electrons. The average Bonchev–Trinajstić information content (AvgIpc) is 2.65. The van der Waals surface area contributed by atoms with Crippen molar-refractivity contribution in [3.8, 4) is 0 Å². The molecule has 1 aliphatic rings. The lowest BCUT2D eigenvalue weighted by Crippen LogP contribution is -2.38. The molecule has 0 amide bonds. The Morgan fingerprint density at radius 3 is 2.52 bits per heavy atom. The zero-order chi connectivity index (χ0) is 19.6. The summed E-state index contributed by atoms with van der Waals surface area (Å²) < 4.78 is 54.1. The Balaban J connectivity index is 2.22. The summed E-state index contributed by atoms with van der Waals surface area (Å²) in [6.07, 6.45) is -1.11. The molecule has 1 heterocycles. The van der Waals surface area contributed by atoms with Gasteiger partial charge in [-0.05, 0) is 49.1 Å². The molecule has 0 N–H and O–H groups in total. The fourth-order valence-corrected chi connectivity index (χ4v) is 3.60. The number of nitrogens with zero attached hydrogens (tertiary/aromatic N) is 1. The molecule has 0 radical (unpaired) electrons. The van der Waals surface area contributed by atoms with Crippen molar-refractivity contribution in [3.63, 3.8) is 0 Å². The quantitative estimate of drug-likeness (QED) is 0.394. The minimum Gasteiger partial charge on any atom is -0.326 e. The van der Waals surface area contributed by atoms with Gasteiger partial charge in [-0.2, -0.15) is 13.2 Å². The Kier molecular flexibility index (Phi) is 5.86. The van der Waals surface area contributed by atoms with E-state index < -0.39 is 18.5 Å². The number of hydrogen-bond acceptors (Lipinski definition) is 1. The van der Waals surface area contributed by atoms with Crippen LogP contribution in [0.15, 0.2) is 48.5 Å². The van der Waals surface area contributed by atoms with Crippen molar-refractivity contribution in [2.75, 3.05) is 11.4 Å². The van der Waals surface area contributed by atoms with Crippen LogP contribution in [0.3, 0.4) is 0 Å². The highest BCUT2D eigenvalue weighted by atomic mass is 35.5. The van der Waals surface area contributed by atoms with Crippen molar-refractivity contribution in [2.24, 2.45) is 0 Å². The van der Waals surface area contributed by atoms with Gasteiger partial charge in [-0.25, -0.2) is 4.39 Å². The van der Waals surface area contributed by atoms with E-state index in [-0.39, 0.29) is 10.7 Å². The van der Waals surface area contributed by atoms with Gasteiger partial charge in [-0.1, -0.05) is 48.1 Å². The van der Waals surface area contributed by atoms with Crippen LogP contribution < -0.4 is 4.90 Å². The van der Waals surface area contributed by atoms with Gasteiger partial charge in [-0.3, -0.25) is 0 Å². The summed E-state index contributed by atoms with van der Waals surface area (Å²) in [5.74, 6) is -0.445. The molecule has 0 fully saturated rings. The highest BCUT2D eigenvalue weighted by Crippen LogP contribution is 2.38. The van der Waals surface area contributed by atoms with Crippen LogP contribution in [-0.4, -0.2) is 17.7 Å². The largest absolute Gasteiger partial charge is 0.406 e. The van der Waals surface area contributed by atoms with Gasteiger partial charge in [0.05, 0.1) is 4.99 Å². The molecule has 0 bridgehead atoms. The van der Waals surface area contributed by atoms with Gasteiger partial charge in [0.2, 0.25) is 0 Å². The predicted molar refractivity (Wildman–Crippen MR) is 105 cm³/mol. The molecule has 27 heavy (non-hydrogen) atoms. The van der Waals surface area contributed by atoms with Crippen LogP contribution in [0.25, 0.3) is 5.57 Å². The molecule has 0 saturated carbocycles. The number of rotatable bonds is 2. The molecule has 1 nitrogen and oxygen atoms in total. The Bertz CT molecular complexity index is 892. The van der Waals surface area contributed by atoms with Crippen LogP contribution in [-0.2, 0) is 0 Å². The van der Waals surface area contributed by atoms with Gasteiger partial charge in [0.1, 0.15) is 12.4 Å². The second-order valence-electron chi connectivity index (χ2n) is 6.25. The normalized spacial score (nSPS) is 17.4. The molecule has 0 spiro atoms. The van der Waals surface area contributed by atoms with Crippen LogP contribution in [0.2, 0.25) is 5.02 Å². The van der Waals surface area contributed by atoms with Crippen LogP contribution in [0, 0.1) is 5.82 Å². The SMILES string of the molecule is Fc1ccccc1/C1=C\CCCC(=S)N(CC(F)(F)F)c2ccc(Cl)cc21. The van der Waals surface area contributed by atoms with E-state index in [9.17, 15) is 17.6 Å². The van der Waals surface area contributed by atoms with Crippen LogP contribution in [0.1, 0.15) is 30.4 Å². The Labute approximate surface area is 165 Å². The van der Waals surface area contributed by atoms with Crippen molar-refractivity contribution in [2.45, 2.75) is 25.4 Å². The third-order valence-electron chi connectivity index (χ3n) is 4.29. The summed E-state index contributed by atoms with van der Waals surface area (Å²) in [7, 11) is 0. The lowest BCUT2D eigenvalue weighted by molar-refractivity contribution is -0.117. The van der Waals surface area contributed by atoms with Crippen LogP contribution in [0.5, 0.6) is 0 Å². The van der Waals surface area contributed by atoms with Crippen LogP contribution >= 0.6 is 23.8 Å². The van der Waals surface area contributed by atoms with Gasteiger partial charge >= 0.3 is 6.18 Å². The Morgan fingerprint density at radius 1 is 1.07 bits per heavy atom. The fraction of sp³-hybridized carbons (Fsp3) is 0.250. The van der Waals surface area contributed by atoms with E-state index in [0.29, 0.717) is 41.0 Å². The summed E-state index contributed by atoms with van der Waals surface area (Å²) in [6.45, 7) is -1.20. The number of benzene rings is 2. The summed E-state index contributed by atoms with van der Waals surface area (Å²) in [5.41, 5.74) is 1.54.